The summed E-state index contributed by atoms with van der Waals surface area (Å²) in [5.41, 5.74) is 1.67. The standard InChI is InChI=1S/C36H38N4O7/c1-3-5-13-28-33(42)40-21-25(18-30(40)32(41)39-36(34(43)44)20-24(36)4-2)47-31-19-29(23-11-7-6-8-12-23)37-27-15-14-22(17-26(27)31)10-9-16-46-35(45)38-28/h4,6-12,14-15,17,19,24-25,28,30H,2-3,5,13,16,18,20-21H2,1H3,(H,38,45)(H,39,41)(H,43,44)/b10-9-/t24-,25-,28+,30+,36-/m1/s1. The number of nitrogens with one attached hydrogen (secondary N) is 2. The van der Waals surface area contributed by atoms with Crippen LogP contribution in [0.15, 0.2) is 73.3 Å². The summed E-state index contributed by atoms with van der Waals surface area (Å²) in [7, 11) is 0. The highest BCUT2D eigenvalue weighted by molar-refractivity contribution is 5.96. The van der Waals surface area contributed by atoms with E-state index in [1.165, 1.54) is 11.0 Å². The van der Waals surface area contributed by atoms with Crippen LogP contribution >= 0.6 is 0 Å². The molecule has 3 heterocycles. The van der Waals surface area contributed by atoms with Crippen LogP contribution in [0.5, 0.6) is 5.75 Å². The summed E-state index contributed by atoms with van der Waals surface area (Å²) in [6, 6.07) is 15.3. The van der Waals surface area contributed by atoms with Gasteiger partial charge in [0.1, 0.15) is 36.1 Å². The summed E-state index contributed by atoms with van der Waals surface area (Å²) >= 11 is 0. The number of ether oxygens (including phenoxy) is 2. The van der Waals surface area contributed by atoms with Gasteiger partial charge in [-0.3, -0.25) is 9.59 Å². The minimum Gasteiger partial charge on any atom is -0.488 e. The predicted molar refractivity (Wildman–Crippen MR) is 175 cm³/mol. The normalized spacial score (nSPS) is 26.2. The number of hydrogen-bond acceptors (Lipinski definition) is 7. The Balaban J connectivity index is 1.40. The number of aliphatic carboxylic acids is 1. The largest absolute Gasteiger partial charge is 0.488 e. The highest BCUT2D eigenvalue weighted by Gasteiger charge is 2.61. The van der Waals surface area contributed by atoms with Gasteiger partial charge < -0.3 is 30.1 Å². The van der Waals surface area contributed by atoms with E-state index in [1.807, 2.05) is 67.6 Å². The van der Waals surface area contributed by atoms with E-state index in [0.29, 0.717) is 29.8 Å². The van der Waals surface area contributed by atoms with Crippen LogP contribution in [0.4, 0.5) is 4.79 Å². The van der Waals surface area contributed by atoms with Crippen molar-refractivity contribution in [3.05, 3.63) is 78.9 Å². The number of carbonyl (C=O) groups is 4. The van der Waals surface area contributed by atoms with Crippen molar-refractivity contribution in [3.63, 3.8) is 0 Å². The molecule has 11 heteroatoms. The van der Waals surface area contributed by atoms with E-state index in [9.17, 15) is 24.3 Å². The first-order valence-electron chi connectivity index (χ1n) is 16.0. The second-order valence-corrected chi connectivity index (χ2v) is 12.3. The first-order valence-corrected chi connectivity index (χ1v) is 16.0. The van der Waals surface area contributed by atoms with E-state index in [4.69, 9.17) is 14.5 Å². The molecule has 1 saturated carbocycles. The van der Waals surface area contributed by atoms with Crippen LogP contribution in [0, 0.1) is 5.92 Å². The summed E-state index contributed by atoms with van der Waals surface area (Å²) in [5.74, 6) is -2.10. The summed E-state index contributed by atoms with van der Waals surface area (Å²) in [5, 5.41) is 16.1. The molecule has 244 valence electrons. The van der Waals surface area contributed by atoms with Crippen LogP contribution in [0.3, 0.4) is 0 Å². The van der Waals surface area contributed by atoms with Crippen molar-refractivity contribution < 1.29 is 33.8 Å². The third kappa shape index (κ3) is 6.56. The molecule has 2 aromatic carbocycles. The number of carboxylic acids is 1. The van der Waals surface area contributed by atoms with Crippen LogP contribution in [0.25, 0.3) is 28.2 Å². The Labute approximate surface area is 272 Å². The highest BCUT2D eigenvalue weighted by atomic mass is 16.5. The summed E-state index contributed by atoms with van der Waals surface area (Å²) in [4.78, 5) is 59.2. The fourth-order valence-corrected chi connectivity index (χ4v) is 6.40. The van der Waals surface area contributed by atoms with Crippen molar-refractivity contribution in [1.29, 1.82) is 0 Å². The third-order valence-corrected chi connectivity index (χ3v) is 9.09. The zero-order chi connectivity index (χ0) is 33.1. The molecule has 2 fully saturated rings. The van der Waals surface area contributed by atoms with Gasteiger partial charge >= 0.3 is 12.1 Å². The molecule has 3 amide bonds. The minimum absolute atomic E-state index is 0.0222. The van der Waals surface area contributed by atoms with Crippen molar-refractivity contribution in [2.24, 2.45) is 5.92 Å². The molecule has 6 rings (SSSR count). The van der Waals surface area contributed by atoms with E-state index in [2.05, 4.69) is 17.2 Å². The number of fused-ring (bicyclic) bond motifs is 3. The average Bonchev–Trinajstić information content (AvgIpc) is 3.64. The number of unbranched alkanes of at least 4 members (excludes halogenated alkanes) is 1. The quantitative estimate of drug-likeness (QED) is 0.301. The minimum atomic E-state index is -1.47. The van der Waals surface area contributed by atoms with Crippen LogP contribution < -0.4 is 15.4 Å². The molecule has 0 radical (unpaired) electrons. The number of cyclic esters (lactones) is 1. The molecule has 47 heavy (non-hydrogen) atoms. The lowest BCUT2D eigenvalue weighted by Gasteiger charge is -2.29. The van der Waals surface area contributed by atoms with Gasteiger partial charge in [-0.15, -0.1) is 6.58 Å². The van der Waals surface area contributed by atoms with Crippen LogP contribution in [-0.2, 0) is 19.1 Å². The molecule has 1 aliphatic carbocycles. The van der Waals surface area contributed by atoms with Gasteiger partial charge in [0.25, 0.3) is 0 Å². The van der Waals surface area contributed by atoms with Gasteiger partial charge in [0.15, 0.2) is 0 Å². The van der Waals surface area contributed by atoms with Gasteiger partial charge in [0, 0.05) is 29.4 Å². The molecule has 4 bridgehead atoms. The summed E-state index contributed by atoms with van der Waals surface area (Å²) in [6.45, 7) is 5.71. The number of pyridine rings is 1. The number of alkyl carbamates (subject to hydrolysis) is 1. The molecular weight excluding hydrogens is 600 g/mol. The smallest absolute Gasteiger partial charge is 0.408 e. The highest BCUT2D eigenvalue weighted by Crippen LogP contribution is 2.45. The fourth-order valence-electron chi connectivity index (χ4n) is 6.40. The van der Waals surface area contributed by atoms with Crippen LogP contribution in [0.2, 0.25) is 0 Å². The van der Waals surface area contributed by atoms with Gasteiger partial charge in [-0.2, -0.15) is 0 Å². The number of hydrogen-bond donors (Lipinski definition) is 3. The number of aromatic nitrogens is 1. The van der Waals surface area contributed by atoms with Gasteiger partial charge in [0.05, 0.1) is 17.8 Å². The molecule has 0 unspecified atom stereocenters. The van der Waals surface area contributed by atoms with Crippen molar-refractivity contribution in [1.82, 2.24) is 20.5 Å². The van der Waals surface area contributed by atoms with Crippen LogP contribution in [0.1, 0.15) is 44.6 Å². The number of benzene rings is 2. The van der Waals surface area contributed by atoms with Gasteiger partial charge in [-0.05, 0) is 36.6 Å². The topological polar surface area (TPSA) is 147 Å². The van der Waals surface area contributed by atoms with Crippen molar-refractivity contribution in [2.45, 2.75) is 62.8 Å². The Hall–Kier alpha value is -5.19. The van der Waals surface area contributed by atoms with E-state index in [0.717, 1.165) is 22.9 Å². The summed E-state index contributed by atoms with van der Waals surface area (Å²) < 4.78 is 12.0. The number of amides is 3. The Bertz CT molecular complexity index is 1740. The van der Waals surface area contributed by atoms with E-state index in [1.54, 1.807) is 6.08 Å². The first kappa shape index (κ1) is 31.8. The lowest BCUT2D eigenvalue weighted by atomic mass is 10.1. The van der Waals surface area contributed by atoms with E-state index < -0.39 is 53.5 Å². The molecule has 2 aliphatic heterocycles. The van der Waals surface area contributed by atoms with E-state index >= 15 is 0 Å². The number of carbonyl (C=O) groups excluding carboxylic acids is 3. The number of carboxylic acid groups (broad SMARTS) is 1. The molecule has 1 aromatic heterocycles. The van der Waals surface area contributed by atoms with Gasteiger partial charge in [-0.1, -0.05) is 68.3 Å². The Kier molecular flexibility index (Phi) is 8.97. The molecular formula is C36H38N4O7. The maximum absolute atomic E-state index is 14.1. The van der Waals surface area contributed by atoms with Gasteiger partial charge in [-0.25, -0.2) is 14.6 Å². The number of nitrogens with zero attached hydrogens (tertiary/aromatic N) is 2. The second kappa shape index (κ2) is 13.3. The maximum atomic E-state index is 14.1. The SMILES string of the molecule is C=C[C@@H]1C[C@]1(NC(=O)[C@@H]1C[C@@H]2CN1C(=O)[C@H](CCCC)NC(=O)OC/C=C\c1ccc3nc(-c4ccccc4)cc(c3c1)O2)C(=O)O. The molecule has 3 aromatic rings. The Morgan fingerprint density at radius 1 is 1.19 bits per heavy atom. The fraction of sp³-hybridized carbons (Fsp3) is 0.361. The lowest BCUT2D eigenvalue weighted by molar-refractivity contribution is -0.145. The monoisotopic (exact) mass is 638 g/mol. The predicted octanol–water partition coefficient (Wildman–Crippen LogP) is 4.71. The summed E-state index contributed by atoms with van der Waals surface area (Å²) in [6.07, 6.45) is 5.78. The molecule has 1 saturated heterocycles. The molecule has 3 aliphatic rings. The van der Waals surface area contributed by atoms with Gasteiger partial charge in [0.2, 0.25) is 11.8 Å². The molecule has 3 N–H and O–H groups in total. The third-order valence-electron chi connectivity index (χ3n) is 9.09. The molecule has 5 atom stereocenters. The second-order valence-electron chi connectivity index (χ2n) is 12.3. The first-order chi connectivity index (χ1) is 22.7. The average molecular weight is 639 g/mol. The van der Waals surface area contributed by atoms with E-state index in [-0.39, 0.29) is 26.0 Å². The van der Waals surface area contributed by atoms with Crippen molar-refractivity contribution in [2.75, 3.05) is 13.2 Å². The Morgan fingerprint density at radius 2 is 2.00 bits per heavy atom. The maximum Gasteiger partial charge on any atom is 0.408 e. The van der Waals surface area contributed by atoms with Crippen molar-refractivity contribution >= 4 is 40.9 Å². The molecule has 0 spiro atoms. The zero-order valence-corrected chi connectivity index (χ0v) is 26.2. The zero-order valence-electron chi connectivity index (χ0n) is 26.2. The lowest BCUT2D eigenvalue weighted by Crippen LogP contribution is -2.56. The van der Waals surface area contributed by atoms with Crippen LogP contribution in [-0.4, -0.2) is 75.7 Å². The molecule has 11 nitrogen and oxygen atoms in total. The van der Waals surface area contributed by atoms with Crippen molar-refractivity contribution in [3.8, 4) is 17.0 Å². The number of rotatable bonds is 8. The Morgan fingerprint density at radius 3 is 2.72 bits per heavy atom.